The molecule has 0 bridgehead atoms. The largest absolute Gasteiger partial charge is 0.498 e. The Morgan fingerprint density at radius 1 is 1.10 bits per heavy atom. The number of carbonyl (C=O) groups is 2. The van der Waals surface area contributed by atoms with Crippen molar-refractivity contribution in [3.8, 4) is 11.5 Å². The molecule has 0 spiro atoms. The summed E-state index contributed by atoms with van der Waals surface area (Å²) in [5.41, 5.74) is 0.650. The van der Waals surface area contributed by atoms with Crippen molar-refractivity contribution in [2.24, 2.45) is 7.05 Å². The predicted octanol–water partition coefficient (Wildman–Crippen LogP) is 4.36. The second-order valence-electron chi connectivity index (χ2n) is 10.2. The zero-order valence-corrected chi connectivity index (χ0v) is 24.0. The molecule has 0 saturated heterocycles. The smallest absolute Gasteiger partial charge is 0.457 e. The molecular formula is C29H35F2N3O7. The van der Waals surface area contributed by atoms with Crippen LogP contribution in [0.4, 0.5) is 8.78 Å². The van der Waals surface area contributed by atoms with Crippen molar-refractivity contribution in [1.29, 1.82) is 0 Å². The third-order valence-electron chi connectivity index (χ3n) is 7.20. The Morgan fingerprint density at radius 3 is 2.44 bits per heavy atom. The Kier molecular flexibility index (Phi) is 8.71. The van der Waals surface area contributed by atoms with Gasteiger partial charge in [-0.05, 0) is 38.0 Å². The summed E-state index contributed by atoms with van der Waals surface area (Å²) in [5.74, 6) is -0.645. The molecule has 12 heteroatoms. The summed E-state index contributed by atoms with van der Waals surface area (Å²) in [6, 6.07) is 7.07. The number of benzene rings is 1. The van der Waals surface area contributed by atoms with Crippen LogP contribution in [-0.4, -0.2) is 73.3 Å². The molecule has 1 amide bonds. The first-order valence-corrected chi connectivity index (χ1v) is 13.1. The Labute approximate surface area is 237 Å². The molecule has 1 aromatic heterocycles. The first kappa shape index (κ1) is 30.0. The molecule has 0 aliphatic heterocycles. The maximum Gasteiger partial charge on any atom is 0.457 e. The van der Waals surface area contributed by atoms with Crippen LogP contribution in [-0.2, 0) is 32.6 Å². The lowest BCUT2D eigenvalue weighted by atomic mass is 9.90. The molecule has 1 atom stereocenters. The number of rotatable bonds is 12. The normalized spacial score (nSPS) is 18.7. The zero-order chi connectivity index (χ0) is 29.9. The van der Waals surface area contributed by atoms with Gasteiger partial charge in [-0.15, -0.1) is 0 Å². The maximum absolute atomic E-state index is 14.5. The molecule has 1 fully saturated rings. The molecule has 2 aliphatic carbocycles. The van der Waals surface area contributed by atoms with Crippen molar-refractivity contribution in [3.63, 3.8) is 0 Å². The number of nitrogens with zero attached hydrogens (tertiary/aromatic N) is 3. The van der Waals surface area contributed by atoms with E-state index in [2.05, 4.69) is 9.84 Å². The van der Waals surface area contributed by atoms with E-state index < -0.39 is 17.7 Å². The molecule has 0 N–H and O–H groups in total. The van der Waals surface area contributed by atoms with Gasteiger partial charge in [0.25, 0.3) is 5.91 Å². The summed E-state index contributed by atoms with van der Waals surface area (Å²) in [6.45, 7) is 1.48. The van der Waals surface area contributed by atoms with Crippen molar-refractivity contribution in [1.82, 2.24) is 14.7 Å². The fraction of sp³-hybridized carbons (Fsp3) is 0.483. The number of ether oxygens (including phenoxy) is 5. The molecule has 1 saturated carbocycles. The van der Waals surface area contributed by atoms with Crippen LogP contribution in [0.5, 0.6) is 11.5 Å². The lowest BCUT2D eigenvalue weighted by Crippen LogP contribution is -2.46. The summed E-state index contributed by atoms with van der Waals surface area (Å²) in [6.07, 6.45) is 1.17. The minimum absolute atomic E-state index is 0.00101. The van der Waals surface area contributed by atoms with Gasteiger partial charge in [-0.3, -0.25) is 14.2 Å². The number of esters is 1. The highest BCUT2D eigenvalue weighted by atomic mass is 19.3. The van der Waals surface area contributed by atoms with Crippen LogP contribution in [0.3, 0.4) is 0 Å². The third kappa shape index (κ3) is 6.37. The Morgan fingerprint density at radius 2 is 1.83 bits per heavy atom. The van der Waals surface area contributed by atoms with Crippen molar-refractivity contribution in [3.05, 3.63) is 64.7 Å². The highest BCUT2D eigenvalue weighted by molar-refractivity contribution is 5.93. The topological polar surface area (TPSA) is 101 Å². The summed E-state index contributed by atoms with van der Waals surface area (Å²) < 4.78 is 56.3. The quantitative estimate of drug-likeness (QED) is 0.344. The molecule has 0 radical (unpaired) electrons. The molecule has 1 unspecified atom stereocenters. The van der Waals surface area contributed by atoms with Crippen LogP contribution >= 0.6 is 0 Å². The van der Waals surface area contributed by atoms with Gasteiger partial charge >= 0.3 is 12.1 Å². The van der Waals surface area contributed by atoms with Gasteiger partial charge in [0.2, 0.25) is 0 Å². The van der Waals surface area contributed by atoms with Crippen LogP contribution in [0.25, 0.3) is 0 Å². The van der Waals surface area contributed by atoms with Crippen molar-refractivity contribution in [2.75, 3.05) is 35.0 Å². The van der Waals surface area contributed by atoms with E-state index in [1.807, 2.05) is 0 Å². The molecule has 2 aliphatic rings. The van der Waals surface area contributed by atoms with Gasteiger partial charge in [-0.2, -0.15) is 13.9 Å². The van der Waals surface area contributed by atoms with E-state index in [4.69, 9.17) is 18.9 Å². The second kappa shape index (κ2) is 11.9. The SMILES string of the molecule is COC(=O)C(F)(F)OC1(C)CC=CC(CN(Cc2ccc(OC)cc2OC)C(=O)c2cc(C3CC3)nn2C)=C1OC. The third-order valence-corrected chi connectivity index (χ3v) is 7.20. The molecule has 4 rings (SSSR count). The minimum atomic E-state index is -4.22. The average Bonchev–Trinajstić information content (AvgIpc) is 3.72. The molecule has 10 nitrogen and oxygen atoms in total. The Balaban J connectivity index is 1.73. The van der Waals surface area contributed by atoms with Crippen LogP contribution < -0.4 is 9.47 Å². The van der Waals surface area contributed by atoms with E-state index in [9.17, 15) is 18.4 Å². The predicted molar refractivity (Wildman–Crippen MR) is 144 cm³/mol. The van der Waals surface area contributed by atoms with E-state index in [0.717, 1.165) is 25.6 Å². The Hall–Kier alpha value is -3.93. The molecule has 1 heterocycles. The lowest BCUT2D eigenvalue weighted by molar-refractivity contribution is -0.284. The molecule has 2 aromatic rings. The van der Waals surface area contributed by atoms with Gasteiger partial charge in [0, 0.05) is 43.1 Å². The highest BCUT2D eigenvalue weighted by Gasteiger charge is 2.51. The highest BCUT2D eigenvalue weighted by Crippen LogP contribution is 2.40. The number of hydrogen-bond donors (Lipinski definition) is 0. The molecule has 41 heavy (non-hydrogen) atoms. The lowest BCUT2D eigenvalue weighted by Gasteiger charge is -2.37. The van der Waals surface area contributed by atoms with Crippen LogP contribution in [0.1, 0.15) is 53.8 Å². The van der Waals surface area contributed by atoms with Gasteiger partial charge in [-0.1, -0.05) is 12.2 Å². The first-order valence-electron chi connectivity index (χ1n) is 13.1. The number of carbonyl (C=O) groups excluding carboxylic acids is 2. The van der Waals surface area contributed by atoms with Crippen LogP contribution in [0.2, 0.25) is 0 Å². The summed E-state index contributed by atoms with van der Waals surface area (Å²) in [5, 5.41) is 4.54. The minimum Gasteiger partial charge on any atom is -0.498 e. The standard InChI is InChI=1S/C29H35F2N3O7/c1-28(41-29(30,31)27(36)40-6)13-7-8-20(25(28)39-5)17-34(16-19-11-12-21(37-3)14-24(19)38-4)26(35)23-15-22(18-9-10-18)32-33(23)2/h7-8,11-12,14-15,18H,9-10,13,16-17H2,1-6H3. The van der Waals surface area contributed by atoms with Gasteiger partial charge < -0.3 is 23.8 Å². The molecule has 1 aromatic carbocycles. The van der Waals surface area contributed by atoms with Crippen LogP contribution in [0.15, 0.2) is 47.7 Å². The number of halogens is 2. The molecular weight excluding hydrogens is 540 g/mol. The van der Waals surface area contributed by atoms with Gasteiger partial charge in [0.15, 0.2) is 0 Å². The number of aryl methyl sites for hydroxylation is 1. The Bertz CT molecular complexity index is 1370. The number of aromatic nitrogens is 2. The molecule has 222 valence electrons. The van der Waals surface area contributed by atoms with Gasteiger partial charge in [0.05, 0.1) is 40.7 Å². The summed E-state index contributed by atoms with van der Waals surface area (Å²) in [4.78, 5) is 27.3. The van der Waals surface area contributed by atoms with Crippen molar-refractivity contribution in [2.45, 2.75) is 50.4 Å². The van der Waals surface area contributed by atoms with E-state index in [-0.39, 0.29) is 31.2 Å². The van der Waals surface area contributed by atoms with E-state index in [1.54, 1.807) is 60.2 Å². The van der Waals surface area contributed by atoms with E-state index in [0.29, 0.717) is 34.2 Å². The van der Waals surface area contributed by atoms with E-state index >= 15 is 0 Å². The second-order valence-corrected chi connectivity index (χ2v) is 10.2. The first-order chi connectivity index (χ1) is 19.5. The number of amides is 1. The van der Waals surface area contributed by atoms with Gasteiger partial charge in [-0.25, -0.2) is 4.79 Å². The number of methoxy groups -OCH3 is 4. The van der Waals surface area contributed by atoms with E-state index in [1.165, 1.54) is 21.1 Å². The fourth-order valence-electron chi connectivity index (χ4n) is 4.96. The number of alkyl halides is 2. The van der Waals surface area contributed by atoms with Crippen molar-refractivity contribution >= 4 is 11.9 Å². The van der Waals surface area contributed by atoms with Crippen LogP contribution in [0, 0.1) is 0 Å². The summed E-state index contributed by atoms with van der Waals surface area (Å²) >= 11 is 0. The zero-order valence-electron chi connectivity index (χ0n) is 24.0. The van der Waals surface area contributed by atoms with Gasteiger partial charge in [0.1, 0.15) is 28.6 Å². The maximum atomic E-state index is 14.5. The average molecular weight is 576 g/mol. The monoisotopic (exact) mass is 575 g/mol. The number of hydrogen-bond acceptors (Lipinski definition) is 8. The van der Waals surface area contributed by atoms with Crippen molar-refractivity contribution < 1.29 is 42.1 Å². The summed E-state index contributed by atoms with van der Waals surface area (Å²) in [7, 11) is 6.96. The fourth-order valence-corrected chi connectivity index (χ4v) is 4.96.